The molecule has 3 fully saturated rings. The molecule has 5 rings (SSSR count). The maximum Gasteiger partial charge on any atom is 0.236 e. The summed E-state index contributed by atoms with van der Waals surface area (Å²) in [5, 5.41) is 12.8. The Balaban J connectivity index is 1.41. The number of anilines is 1. The number of rotatable bonds is 10. The fraction of sp³-hybridized carbons (Fsp3) is 0.697. The second-order valence-electron chi connectivity index (χ2n) is 14.1. The van der Waals surface area contributed by atoms with Gasteiger partial charge in [-0.1, -0.05) is 52.3 Å². The lowest BCUT2D eigenvalue weighted by atomic mass is 9.68. The number of likely N-dealkylation sites (N-methyl/N-ethyl adjacent to an activating group) is 1. The van der Waals surface area contributed by atoms with Gasteiger partial charge in [0.25, 0.3) is 0 Å². The predicted molar refractivity (Wildman–Crippen MR) is 163 cm³/mol. The molecule has 0 spiro atoms. The smallest absolute Gasteiger partial charge is 0.236 e. The van der Waals surface area contributed by atoms with Crippen LogP contribution >= 0.6 is 0 Å². The second-order valence-corrected chi connectivity index (χ2v) is 14.1. The van der Waals surface area contributed by atoms with Crippen molar-refractivity contribution in [3.8, 4) is 0 Å². The summed E-state index contributed by atoms with van der Waals surface area (Å²) in [5.41, 5.74) is 3.38. The third kappa shape index (κ3) is 6.68. The topological polar surface area (TPSA) is 83.4 Å². The number of carbonyl (C=O) groups is 2. The number of nitrogens with zero attached hydrogens (tertiary/aromatic N) is 5. The molecule has 1 aliphatic heterocycles. The highest BCUT2D eigenvalue weighted by Crippen LogP contribution is 2.49. The third-order valence-corrected chi connectivity index (χ3v) is 9.40. The maximum absolute atomic E-state index is 13.9. The first-order valence-electron chi connectivity index (χ1n) is 15.8. The molecule has 3 aliphatic rings. The second kappa shape index (κ2) is 11.9. The van der Waals surface area contributed by atoms with Crippen molar-refractivity contribution in [1.82, 2.24) is 24.6 Å². The molecule has 1 N–H and O–H groups in total. The van der Waals surface area contributed by atoms with Crippen molar-refractivity contribution >= 4 is 17.5 Å². The standard InChI is InChI=1S/C33H50N6O2/c1-8-37(9-2)20-29(40)38-18-26(27(19-38)32(41)34-28-13-10-21(3)14-22(28)4)31-36-35-30(39(31)25-11-12-25)24-15-23(16-24)17-33(5,6)7/h10,13-14,23-27H,8-9,11-12,15-20H2,1-7H3,(H,34,41)/t23?,24?,26-,27-/m0/s1. The fourth-order valence-corrected chi connectivity index (χ4v) is 6.99. The van der Waals surface area contributed by atoms with Crippen LogP contribution in [0.15, 0.2) is 18.2 Å². The highest BCUT2D eigenvalue weighted by Gasteiger charge is 2.46. The number of aryl methyl sites for hydroxylation is 2. The molecular formula is C33H50N6O2. The minimum atomic E-state index is -0.374. The molecule has 2 amide bonds. The molecule has 41 heavy (non-hydrogen) atoms. The minimum absolute atomic E-state index is 0.0409. The zero-order valence-corrected chi connectivity index (χ0v) is 26.2. The Hall–Kier alpha value is -2.74. The zero-order valence-electron chi connectivity index (χ0n) is 26.2. The van der Waals surface area contributed by atoms with E-state index in [2.05, 4.69) is 62.4 Å². The Morgan fingerprint density at radius 2 is 1.71 bits per heavy atom. The average Bonchev–Trinajstić information content (AvgIpc) is 3.47. The van der Waals surface area contributed by atoms with E-state index >= 15 is 0 Å². The summed E-state index contributed by atoms with van der Waals surface area (Å²) in [4.78, 5) is 31.4. The molecule has 2 heterocycles. The molecule has 224 valence electrons. The Labute approximate surface area is 246 Å². The molecule has 2 atom stereocenters. The van der Waals surface area contributed by atoms with Crippen molar-refractivity contribution < 1.29 is 9.59 Å². The summed E-state index contributed by atoms with van der Waals surface area (Å²) < 4.78 is 2.39. The summed E-state index contributed by atoms with van der Waals surface area (Å²) in [6.07, 6.45) is 5.83. The van der Waals surface area contributed by atoms with Gasteiger partial charge in [0.1, 0.15) is 11.6 Å². The fourth-order valence-electron chi connectivity index (χ4n) is 6.99. The van der Waals surface area contributed by atoms with E-state index in [4.69, 9.17) is 10.2 Å². The first kappa shape index (κ1) is 29.7. The van der Waals surface area contributed by atoms with Crippen LogP contribution in [0.3, 0.4) is 0 Å². The van der Waals surface area contributed by atoms with Gasteiger partial charge in [-0.05, 0) is 82.0 Å². The van der Waals surface area contributed by atoms with Gasteiger partial charge >= 0.3 is 0 Å². The number of amides is 2. The number of nitrogens with one attached hydrogen (secondary N) is 1. The molecule has 1 aromatic heterocycles. The first-order valence-corrected chi connectivity index (χ1v) is 15.8. The number of hydrogen-bond acceptors (Lipinski definition) is 5. The Morgan fingerprint density at radius 3 is 2.32 bits per heavy atom. The van der Waals surface area contributed by atoms with E-state index in [1.54, 1.807) is 0 Å². The van der Waals surface area contributed by atoms with Crippen molar-refractivity contribution in [1.29, 1.82) is 0 Å². The van der Waals surface area contributed by atoms with Crippen molar-refractivity contribution in [3.63, 3.8) is 0 Å². The van der Waals surface area contributed by atoms with Crippen LogP contribution in [0.1, 0.15) is 107 Å². The van der Waals surface area contributed by atoms with Crippen LogP contribution in [0.5, 0.6) is 0 Å². The molecule has 2 saturated carbocycles. The molecule has 1 aromatic carbocycles. The van der Waals surface area contributed by atoms with E-state index in [0.717, 1.165) is 67.6 Å². The molecule has 2 aromatic rings. The van der Waals surface area contributed by atoms with Crippen LogP contribution in [-0.4, -0.2) is 69.1 Å². The van der Waals surface area contributed by atoms with Gasteiger partial charge in [-0.2, -0.15) is 0 Å². The van der Waals surface area contributed by atoms with Crippen LogP contribution in [0.25, 0.3) is 0 Å². The molecule has 0 bridgehead atoms. The highest BCUT2D eigenvalue weighted by molar-refractivity contribution is 5.95. The van der Waals surface area contributed by atoms with Crippen LogP contribution in [-0.2, 0) is 9.59 Å². The predicted octanol–water partition coefficient (Wildman–Crippen LogP) is 5.68. The molecule has 0 radical (unpaired) electrons. The maximum atomic E-state index is 13.9. The number of aromatic nitrogens is 3. The Bertz CT molecular complexity index is 1250. The zero-order chi connectivity index (χ0) is 29.5. The van der Waals surface area contributed by atoms with E-state index in [1.165, 1.54) is 12.0 Å². The summed E-state index contributed by atoms with van der Waals surface area (Å²) in [6, 6.07) is 6.50. The lowest BCUT2D eigenvalue weighted by Crippen LogP contribution is -2.39. The molecule has 8 nitrogen and oxygen atoms in total. The molecule has 0 unspecified atom stereocenters. The van der Waals surface area contributed by atoms with E-state index in [1.807, 2.05) is 24.0 Å². The molecule has 2 aliphatic carbocycles. The third-order valence-electron chi connectivity index (χ3n) is 9.40. The van der Waals surface area contributed by atoms with Gasteiger partial charge in [0.05, 0.1) is 18.4 Å². The van der Waals surface area contributed by atoms with E-state index in [0.29, 0.717) is 37.0 Å². The van der Waals surface area contributed by atoms with Gasteiger partial charge in [-0.25, -0.2) is 0 Å². The Kier molecular flexibility index (Phi) is 8.61. The lowest BCUT2D eigenvalue weighted by Gasteiger charge is -2.38. The number of hydrogen-bond donors (Lipinski definition) is 1. The molecule has 8 heteroatoms. The van der Waals surface area contributed by atoms with E-state index < -0.39 is 0 Å². The summed E-state index contributed by atoms with van der Waals surface area (Å²) in [6.45, 7) is 18.1. The summed E-state index contributed by atoms with van der Waals surface area (Å²) in [7, 11) is 0. The number of carbonyl (C=O) groups excluding carboxylic acids is 2. The molecule has 1 saturated heterocycles. The van der Waals surface area contributed by atoms with Crippen LogP contribution in [0, 0.1) is 31.1 Å². The van der Waals surface area contributed by atoms with Gasteiger partial charge < -0.3 is 14.8 Å². The monoisotopic (exact) mass is 562 g/mol. The van der Waals surface area contributed by atoms with Gasteiger partial charge in [0.2, 0.25) is 11.8 Å². The van der Waals surface area contributed by atoms with Crippen molar-refractivity contribution in [2.24, 2.45) is 17.3 Å². The quantitative estimate of drug-likeness (QED) is 0.403. The van der Waals surface area contributed by atoms with Crippen LogP contribution in [0.4, 0.5) is 5.69 Å². The van der Waals surface area contributed by atoms with Gasteiger partial charge in [-0.3, -0.25) is 14.5 Å². The van der Waals surface area contributed by atoms with Crippen molar-refractivity contribution in [2.45, 2.75) is 98.4 Å². The Morgan fingerprint density at radius 1 is 1.02 bits per heavy atom. The minimum Gasteiger partial charge on any atom is -0.340 e. The van der Waals surface area contributed by atoms with Gasteiger partial charge in [0.15, 0.2) is 0 Å². The number of likely N-dealkylation sites (tertiary alicyclic amines) is 1. The summed E-state index contributed by atoms with van der Waals surface area (Å²) in [5.74, 6) is 2.68. The normalized spacial score (nSPS) is 24.5. The molecular weight excluding hydrogens is 512 g/mol. The van der Waals surface area contributed by atoms with Crippen LogP contribution < -0.4 is 5.32 Å². The van der Waals surface area contributed by atoms with E-state index in [-0.39, 0.29) is 23.7 Å². The van der Waals surface area contributed by atoms with Crippen LogP contribution in [0.2, 0.25) is 0 Å². The average molecular weight is 563 g/mol. The highest BCUT2D eigenvalue weighted by atomic mass is 16.2. The SMILES string of the molecule is CCN(CC)CC(=O)N1C[C@H](C(=O)Nc2ccc(C)cc2C)[C@@H](c2nnc(C3CC(CC(C)(C)C)C3)n2C2CC2)C1. The lowest BCUT2D eigenvalue weighted by molar-refractivity contribution is -0.131. The van der Waals surface area contributed by atoms with Gasteiger partial charge in [-0.15, -0.1) is 10.2 Å². The first-order chi connectivity index (χ1) is 19.5. The van der Waals surface area contributed by atoms with Crippen molar-refractivity contribution in [2.75, 3.05) is 38.0 Å². The summed E-state index contributed by atoms with van der Waals surface area (Å²) >= 11 is 0. The van der Waals surface area contributed by atoms with Crippen molar-refractivity contribution in [3.05, 3.63) is 41.0 Å². The number of benzene rings is 1. The largest absolute Gasteiger partial charge is 0.340 e. The van der Waals surface area contributed by atoms with E-state index in [9.17, 15) is 9.59 Å². The van der Waals surface area contributed by atoms with Gasteiger partial charge in [0, 0.05) is 30.7 Å².